The fraction of sp³-hybridized carbons (Fsp3) is 0.500. The van der Waals surface area contributed by atoms with Crippen LogP contribution < -0.4 is 5.32 Å². The van der Waals surface area contributed by atoms with E-state index < -0.39 is 12.0 Å². The lowest BCUT2D eigenvalue weighted by Crippen LogP contribution is -2.49. The zero-order chi connectivity index (χ0) is 17.5. The number of benzene rings is 1. The number of rotatable bonds is 6. The van der Waals surface area contributed by atoms with Crippen LogP contribution in [0.15, 0.2) is 24.3 Å². The number of anilines is 1. The minimum absolute atomic E-state index is 0.00468. The van der Waals surface area contributed by atoms with Crippen molar-refractivity contribution in [2.75, 3.05) is 11.9 Å². The summed E-state index contributed by atoms with van der Waals surface area (Å²) >= 11 is 0. The number of carbonyl (C=O) groups is 3. The molecule has 1 atom stereocenters. The number of amides is 2. The number of likely N-dealkylation sites (tertiary alicyclic amines) is 1. The summed E-state index contributed by atoms with van der Waals surface area (Å²) < 4.78 is 0. The first-order valence-electron chi connectivity index (χ1n) is 8.42. The number of piperidine rings is 1. The van der Waals surface area contributed by atoms with Crippen molar-refractivity contribution in [2.24, 2.45) is 0 Å². The third-order valence-corrected chi connectivity index (χ3v) is 4.25. The van der Waals surface area contributed by atoms with Crippen LogP contribution in [0.25, 0.3) is 0 Å². The summed E-state index contributed by atoms with van der Waals surface area (Å²) in [6, 6.07) is 6.77. The van der Waals surface area contributed by atoms with Crippen LogP contribution in [-0.2, 0) is 20.8 Å². The molecule has 1 aliphatic rings. The van der Waals surface area contributed by atoms with Gasteiger partial charge in [-0.15, -0.1) is 0 Å². The summed E-state index contributed by atoms with van der Waals surface area (Å²) in [6.45, 7) is 2.43. The second-order valence-electron chi connectivity index (χ2n) is 6.04. The predicted octanol–water partition coefficient (Wildman–Crippen LogP) is 2.43. The molecular weight excluding hydrogens is 308 g/mol. The Morgan fingerprint density at radius 2 is 2.08 bits per heavy atom. The van der Waals surface area contributed by atoms with E-state index in [0.717, 1.165) is 18.4 Å². The third-order valence-electron chi connectivity index (χ3n) is 4.25. The second kappa shape index (κ2) is 8.47. The molecule has 6 nitrogen and oxygen atoms in total. The second-order valence-corrected chi connectivity index (χ2v) is 6.04. The van der Waals surface area contributed by atoms with E-state index in [1.165, 1.54) is 0 Å². The molecule has 1 aromatic carbocycles. The topological polar surface area (TPSA) is 86.7 Å². The molecule has 1 unspecified atom stereocenters. The molecule has 0 saturated carbocycles. The number of nitrogens with one attached hydrogen (secondary N) is 1. The highest BCUT2D eigenvalue weighted by Crippen LogP contribution is 2.20. The summed E-state index contributed by atoms with van der Waals surface area (Å²) in [5.41, 5.74) is 1.50. The molecule has 0 bridgehead atoms. The third kappa shape index (κ3) is 4.81. The van der Waals surface area contributed by atoms with Gasteiger partial charge in [0.25, 0.3) is 0 Å². The fourth-order valence-corrected chi connectivity index (χ4v) is 2.99. The molecule has 1 aliphatic heterocycles. The number of carbonyl (C=O) groups excluding carboxylic acids is 2. The van der Waals surface area contributed by atoms with E-state index in [9.17, 15) is 14.4 Å². The lowest BCUT2D eigenvalue weighted by atomic mass is 10.0. The van der Waals surface area contributed by atoms with Gasteiger partial charge in [-0.2, -0.15) is 0 Å². The number of aliphatic carboxylic acids is 1. The molecule has 0 aliphatic carbocycles. The highest BCUT2D eigenvalue weighted by molar-refractivity contribution is 5.97. The Hall–Kier alpha value is -2.37. The van der Waals surface area contributed by atoms with E-state index >= 15 is 0 Å². The van der Waals surface area contributed by atoms with Crippen molar-refractivity contribution < 1.29 is 19.5 Å². The number of carboxylic acids is 1. The quantitative estimate of drug-likeness (QED) is 0.837. The van der Waals surface area contributed by atoms with E-state index in [1.54, 1.807) is 30.0 Å². The Morgan fingerprint density at radius 3 is 2.79 bits per heavy atom. The van der Waals surface area contributed by atoms with E-state index in [2.05, 4.69) is 5.32 Å². The zero-order valence-corrected chi connectivity index (χ0v) is 14.0. The Labute approximate surface area is 141 Å². The number of aryl methyl sites for hydroxylation is 1. The van der Waals surface area contributed by atoms with Crippen molar-refractivity contribution in [3.63, 3.8) is 0 Å². The molecular formula is C18H24N2O4. The maximum absolute atomic E-state index is 12.6. The van der Waals surface area contributed by atoms with Crippen molar-refractivity contribution in [3.05, 3.63) is 29.8 Å². The Bertz CT molecular complexity index is 615. The van der Waals surface area contributed by atoms with Gasteiger partial charge < -0.3 is 15.3 Å². The molecule has 24 heavy (non-hydrogen) atoms. The van der Waals surface area contributed by atoms with Gasteiger partial charge in [-0.3, -0.25) is 14.4 Å². The minimum atomic E-state index is -0.847. The molecule has 2 N–H and O–H groups in total. The van der Waals surface area contributed by atoms with Crippen molar-refractivity contribution in [3.8, 4) is 0 Å². The smallest absolute Gasteiger partial charge is 0.303 e. The number of nitrogens with zero attached hydrogens (tertiary/aromatic N) is 1. The Kier molecular flexibility index (Phi) is 6.35. The van der Waals surface area contributed by atoms with Gasteiger partial charge in [-0.05, 0) is 43.4 Å². The van der Waals surface area contributed by atoms with Gasteiger partial charge in [-0.25, -0.2) is 0 Å². The van der Waals surface area contributed by atoms with Gasteiger partial charge in [0.1, 0.15) is 6.04 Å². The van der Waals surface area contributed by atoms with E-state index in [1.807, 2.05) is 6.07 Å². The van der Waals surface area contributed by atoms with Crippen LogP contribution in [0, 0.1) is 0 Å². The molecule has 130 valence electrons. The van der Waals surface area contributed by atoms with Crippen LogP contribution in [0.4, 0.5) is 5.69 Å². The lowest BCUT2D eigenvalue weighted by Gasteiger charge is -2.34. The summed E-state index contributed by atoms with van der Waals surface area (Å²) in [7, 11) is 0. The highest BCUT2D eigenvalue weighted by Gasteiger charge is 2.31. The first kappa shape index (κ1) is 18.0. The standard InChI is InChI=1S/C18H24N2O4/c1-2-16(21)20-11-4-3-8-15(20)18(24)19-14-7-5-6-13(12-14)9-10-17(22)23/h5-7,12,15H,2-4,8-11H2,1H3,(H,19,24)(H,22,23). The molecule has 1 fully saturated rings. The molecule has 6 heteroatoms. The normalized spacial score (nSPS) is 17.4. The molecule has 0 radical (unpaired) electrons. The minimum Gasteiger partial charge on any atom is -0.481 e. The molecule has 0 aromatic heterocycles. The Morgan fingerprint density at radius 1 is 1.29 bits per heavy atom. The summed E-state index contributed by atoms with van der Waals surface area (Å²) in [5, 5.41) is 11.6. The maximum Gasteiger partial charge on any atom is 0.303 e. The first-order valence-corrected chi connectivity index (χ1v) is 8.42. The molecule has 2 rings (SSSR count). The van der Waals surface area contributed by atoms with Crippen molar-refractivity contribution in [1.82, 2.24) is 4.90 Å². The molecule has 0 spiro atoms. The number of carboxylic acid groups (broad SMARTS) is 1. The predicted molar refractivity (Wildman–Crippen MR) is 90.7 cm³/mol. The van der Waals surface area contributed by atoms with Crippen molar-refractivity contribution in [1.29, 1.82) is 0 Å². The highest BCUT2D eigenvalue weighted by atomic mass is 16.4. The summed E-state index contributed by atoms with van der Waals surface area (Å²) in [6.07, 6.45) is 3.41. The molecule has 1 heterocycles. The molecule has 1 aromatic rings. The summed E-state index contributed by atoms with van der Waals surface area (Å²) in [5.74, 6) is -1.02. The van der Waals surface area contributed by atoms with E-state index in [0.29, 0.717) is 31.5 Å². The van der Waals surface area contributed by atoms with E-state index in [4.69, 9.17) is 5.11 Å². The monoisotopic (exact) mass is 332 g/mol. The largest absolute Gasteiger partial charge is 0.481 e. The lowest BCUT2D eigenvalue weighted by molar-refractivity contribution is -0.140. The fourth-order valence-electron chi connectivity index (χ4n) is 2.99. The summed E-state index contributed by atoms with van der Waals surface area (Å²) in [4.78, 5) is 36.9. The van der Waals surface area contributed by atoms with Gasteiger partial charge in [0.2, 0.25) is 11.8 Å². The zero-order valence-electron chi connectivity index (χ0n) is 14.0. The average molecular weight is 332 g/mol. The number of hydrogen-bond acceptors (Lipinski definition) is 3. The van der Waals surface area contributed by atoms with Crippen molar-refractivity contribution >= 4 is 23.5 Å². The van der Waals surface area contributed by atoms with Crippen LogP contribution >= 0.6 is 0 Å². The van der Waals surface area contributed by atoms with Gasteiger partial charge >= 0.3 is 5.97 Å². The van der Waals surface area contributed by atoms with Crippen LogP contribution in [0.3, 0.4) is 0 Å². The average Bonchev–Trinajstić information content (AvgIpc) is 2.59. The van der Waals surface area contributed by atoms with Crippen LogP contribution in [0.2, 0.25) is 0 Å². The Balaban J connectivity index is 2.03. The SMILES string of the molecule is CCC(=O)N1CCCCC1C(=O)Nc1cccc(CCC(=O)O)c1. The van der Waals surface area contributed by atoms with Crippen LogP contribution in [-0.4, -0.2) is 40.4 Å². The van der Waals surface area contributed by atoms with Gasteiger partial charge in [0.05, 0.1) is 0 Å². The molecule has 2 amide bonds. The number of hydrogen-bond donors (Lipinski definition) is 2. The maximum atomic E-state index is 12.6. The van der Waals surface area contributed by atoms with Gasteiger partial charge in [0, 0.05) is 25.1 Å². The molecule has 1 saturated heterocycles. The van der Waals surface area contributed by atoms with Crippen LogP contribution in [0.1, 0.15) is 44.6 Å². The first-order chi connectivity index (χ1) is 11.5. The van der Waals surface area contributed by atoms with Gasteiger partial charge in [-0.1, -0.05) is 19.1 Å². The van der Waals surface area contributed by atoms with Gasteiger partial charge in [0.15, 0.2) is 0 Å². The van der Waals surface area contributed by atoms with Crippen molar-refractivity contribution in [2.45, 2.75) is 51.5 Å². The van der Waals surface area contributed by atoms with Crippen LogP contribution in [0.5, 0.6) is 0 Å². The van der Waals surface area contributed by atoms with E-state index in [-0.39, 0.29) is 18.2 Å².